The number of aromatic nitrogens is 2. The van der Waals surface area contributed by atoms with Crippen molar-refractivity contribution in [1.82, 2.24) is 10.2 Å². The van der Waals surface area contributed by atoms with Crippen molar-refractivity contribution in [3.8, 4) is 11.3 Å². The molecule has 134 valence electrons. The molecule has 0 atom stereocenters. The van der Waals surface area contributed by atoms with E-state index in [-0.39, 0.29) is 6.09 Å². The zero-order valence-electron chi connectivity index (χ0n) is 15.6. The summed E-state index contributed by atoms with van der Waals surface area (Å²) in [4.78, 5) is 14.3. The molecule has 0 saturated heterocycles. The van der Waals surface area contributed by atoms with Gasteiger partial charge in [-0.05, 0) is 57.4 Å². The largest absolute Gasteiger partial charge is 0.443 e. The Morgan fingerprint density at radius 2 is 2.00 bits per heavy atom. The molecule has 1 aliphatic rings. The van der Waals surface area contributed by atoms with Crippen molar-refractivity contribution < 1.29 is 9.53 Å². The molecule has 0 radical (unpaired) electrons. The number of fused-ring (bicyclic) bond motifs is 2. The van der Waals surface area contributed by atoms with Crippen molar-refractivity contribution in [2.24, 2.45) is 0 Å². The van der Waals surface area contributed by atoms with Crippen molar-refractivity contribution in [2.75, 3.05) is 11.4 Å². The molecule has 0 aliphatic carbocycles. The number of hydrogen-bond donors (Lipinski definition) is 1. The maximum atomic E-state index is 12.6. The van der Waals surface area contributed by atoms with E-state index >= 15 is 0 Å². The summed E-state index contributed by atoms with van der Waals surface area (Å²) < 4.78 is 5.56. The lowest BCUT2D eigenvalue weighted by molar-refractivity contribution is 0.0584. The van der Waals surface area contributed by atoms with Gasteiger partial charge in [0.15, 0.2) is 0 Å². The minimum absolute atomic E-state index is 0.295. The van der Waals surface area contributed by atoms with Crippen LogP contribution in [-0.4, -0.2) is 28.4 Å². The van der Waals surface area contributed by atoms with Gasteiger partial charge in [0, 0.05) is 17.5 Å². The molecule has 5 heteroatoms. The number of nitrogens with one attached hydrogen (secondary N) is 1. The van der Waals surface area contributed by atoms with E-state index in [1.165, 1.54) is 5.56 Å². The molecule has 2 heterocycles. The molecule has 4 rings (SSSR count). The molecule has 1 aliphatic heterocycles. The Morgan fingerprint density at radius 1 is 1.19 bits per heavy atom. The van der Waals surface area contributed by atoms with Gasteiger partial charge in [-0.15, -0.1) is 0 Å². The SMILES string of the molecule is Cc1ccc2c(-c3ccc4c(c3)N(C(=O)OC(C)(C)C)CC4)n[nH]c2c1. The summed E-state index contributed by atoms with van der Waals surface area (Å²) in [7, 11) is 0. The number of aromatic amines is 1. The van der Waals surface area contributed by atoms with Crippen LogP contribution in [0.2, 0.25) is 0 Å². The molecule has 0 saturated carbocycles. The fourth-order valence-corrected chi connectivity index (χ4v) is 3.39. The number of nitrogens with zero attached hydrogens (tertiary/aromatic N) is 2. The number of carbonyl (C=O) groups excluding carboxylic acids is 1. The fourth-order valence-electron chi connectivity index (χ4n) is 3.39. The lowest BCUT2D eigenvalue weighted by atomic mass is 10.0. The average Bonchev–Trinajstić information content (AvgIpc) is 3.15. The van der Waals surface area contributed by atoms with Gasteiger partial charge in [0.05, 0.1) is 16.9 Å². The summed E-state index contributed by atoms with van der Waals surface area (Å²) in [6, 6.07) is 12.5. The zero-order chi connectivity index (χ0) is 18.5. The Bertz CT molecular complexity index is 998. The highest BCUT2D eigenvalue weighted by Gasteiger charge is 2.29. The van der Waals surface area contributed by atoms with E-state index in [2.05, 4.69) is 47.5 Å². The molecular weight excluding hydrogens is 326 g/mol. The third-order valence-corrected chi connectivity index (χ3v) is 4.59. The number of rotatable bonds is 1. The maximum absolute atomic E-state index is 12.6. The third kappa shape index (κ3) is 2.94. The van der Waals surface area contributed by atoms with Crippen LogP contribution in [0.25, 0.3) is 22.2 Å². The highest BCUT2D eigenvalue weighted by Crippen LogP contribution is 2.35. The number of anilines is 1. The lowest BCUT2D eigenvalue weighted by Crippen LogP contribution is -2.35. The monoisotopic (exact) mass is 349 g/mol. The molecule has 26 heavy (non-hydrogen) atoms. The standard InChI is InChI=1S/C21H23N3O2/c1-13-5-8-16-17(11-13)22-23-19(16)15-7-6-14-9-10-24(18(14)12-15)20(25)26-21(2,3)4/h5-8,11-12H,9-10H2,1-4H3,(H,22,23). The Morgan fingerprint density at radius 3 is 2.77 bits per heavy atom. The molecule has 0 spiro atoms. The number of H-pyrrole nitrogens is 1. The van der Waals surface area contributed by atoms with Gasteiger partial charge < -0.3 is 4.74 Å². The van der Waals surface area contributed by atoms with E-state index in [9.17, 15) is 4.79 Å². The Labute approximate surface area is 153 Å². The van der Waals surface area contributed by atoms with Crippen LogP contribution in [0.3, 0.4) is 0 Å². The molecule has 0 unspecified atom stereocenters. The van der Waals surface area contributed by atoms with Gasteiger partial charge in [0.2, 0.25) is 0 Å². The molecule has 1 N–H and O–H groups in total. The first-order valence-corrected chi connectivity index (χ1v) is 8.90. The predicted octanol–water partition coefficient (Wildman–Crippen LogP) is 4.84. The quantitative estimate of drug-likeness (QED) is 0.684. The second-order valence-electron chi connectivity index (χ2n) is 7.85. The van der Waals surface area contributed by atoms with Crippen LogP contribution in [0.1, 0.15) is 31.9 Å². The van der Waals surface area contributed by atoms with Crippen LogP contribution in [0.5, 0.6) is 0 Å². The summed E-state index contributed by atoms with van der Waals surface area (Å²) >= 11 is 0. The van der Waals surface area contributed by atoms with Gasteiger partial charge in [-0.25, -0.2) is 4.79 Å². The van der Waals surface area contributed by atoms with Gasteiger partial charge in [-0.2, -0.15) is 5.10 Å². The van der Waals surface area contributed by atoms with Crippen LogP contribution < -0.4 is 4.90 Å². The van der Waals surface area contributed by atoms with Crippen LogP contribution >= 0.6 is 0 Å². The number of aryl methyl sites for hydroxylation is 1. The van der Waals surface area contributed by atoms with Crippen LogP contribution in [0.15, 0.2) is 36.4 Å². The molecule has 0 bridgehead atoms. The first-order valence-electron chi connectivity index (χ1n) is 8.90. The molecule has 3 aromatic rings. The topological polar surface area (TPSA) is 58.2 Å². The Kier molecular flexibility index (Phi) is 3.75. The van der Waals surface area contributed by atoms with Gasteiger partial charge in [0.25, 0.3) is 0 Å². The zero-order valence-corrected chi connectivity index (χ0v) is 15.6. The van der Waals surface area contributed by atoms with E-state index in [1.807, 2.05) is 26.8 Å². The number of ether oxygens (including phenoxy) is 1. The first kappa shape index (κ1) is 16.6. The van der Waals surface area contributed by atoms with Crippen LogP contribution in [0.4, 0.5) is 10.5 Å². The van der Waals surface area contributed by atoms with Crippen molar-refractivity contribution in [2.45, 2.75) is 39.7 Å². The highest BCUT2D eigenvalue weighted by atomic mass is 16.6. The summed E-state index contributed by atoms with van der Waals surface area (Å²) in [6.07, 6.45) is 0.547. The molecule has 0 fully saturated rings. The average molecular weight is 349 g/mol. The minimum atomic E-state index is -0.506. The summed E-state index contributed by atoms with van der Waals surface area (Å²) in [5.74, 6) is 0. The van der Waals surface area contributed by atoms with Gasteiger partial charge in [-0.1, -0.05) is 24.3 Å². The van der Waals surface area contributed by atoms with Crippen LogP contribution in [-0.2, 0) is 11.2 Å². The van der Waals surface area contributed by atoms with E-state index < -0.39 is 5.60 Å². The van der Waals surface area contributed by atoms with Crippen molar-refractivity contribution >= 4 is 22.7 Å². The second kappa shape index (κ2) is 5.87. The number of amides is 1. The van der Waals surface area contributed by atoms with Gasteiger partial charge in [0.1, 0.15) is 5.60 Å². The number of hydrogen-bond acceptors (Lipinski definition) is 3. The molecular formula is C21H23N3O2. The highest BCUT2D eigenvalue weighted by molar-refractivity contribution is 5.96. The van der Waals surface area contributed by atoms with E-state index in [4.69, 9.17) is 4.74 Å². The van der Waals surface area contributed by atoms with E-state index in [1.54, 1.807) is 4.90 Å². The van der Waals surface area contributed by atoms with Crippen molar-refractivity contribution in [1.29, 1.82) is 0 Å². The van der Waals surface area contributed by atoms with Crippen molar-refractivity contribution in [3.05, 3.63) is 47.5 Å². The van der Waals surface area contributed by atoms with E-state index in [0.717, 1.165) is 39.8 Å². The number of carbonyl (C=O) groups is 1. The van der Waals surface area contributed by atoms with E-state index in [0.29, 0.717) is 6.54 Å². The molecule has 2 aromatic carbocycles. The van der Waals surface area contributed by atoms with Gasteiger partial charge >= 0.3 is 6.09 Å². The summed E-state index contributed by atoms with van der Waals surface area (Å²) in [5.41, 5.74) is 5.68. The normalized spacial score (nSPS) is 13.9. The lowest BCUT2D eigenvalue weighted by Gasteiger charge is -2.25. The van der Waals surface area contributed by atoms with Crippen LogP contribution in [0, 0.1) is 6.92 Å². The van der Waals surface area contributed by atoms with Crippen molar-refractivity contribution in [3.63, 3.8) is 0 Å². The Hall–Kier alpha value is -2.82. The maximum Gasteiger partial charge on any atom is 0.414 e. The predicted molar refractivity (Wildman–Crippen MR) is 104 cm³/mol. The minimum Gasteiger partial charge on any atom is -0.443 e. The molecule has 5 nitrogen and oxygen atoms in total. The molecule has 1 amide bonds. The number of benzene rings is 2. The van der Waals surface area contributed by atoms with Gasteiger partial charge in [-0.3, -0.25) is 10.00 Å². The third-order valence-electron chi connectivity index (χ3n) is 4.59. The second-order valence-corrected chi connectivity index (χ2v) is 7.85. The summed E-state index contributed by atoms with van der Waals surface area (Å²) in [6.45, 7) is 8.37. The first-order chi connectivity index (χ1) is 12.3. The fraction of sp³-hybridized carbons (Fsp3) is 0.333. The summed E-state index contributed by atoms with van der Waals surface area (Å²) in [5, 5.41) is 8.69. The smallest absolute Gasteiger partial charge is 0.414 e. The Balaban J connectivity index is 1.72. The molecule has 1 aromatic heterocycles.